The number of alkyl halides is 3. The number of nitrogens with one attached hydrogen (secondary N) is 2. The number of anilines is 2. The van der Waals surface area contributed by atoms with Crippen LogP contribution in [-0.4, -0.2) is 100.0 Å². The van der Waals surface area contributed by atoms with Crippen molar-refractivity contribution in [3.8, 4) is 5.69 Å². The van der Waals surface area contributed by atoms with Gasteiger partial charge in [-0.1, -0.05) is 16.8 Å². The molecule has 0 unspecified atom stereocenters. The van der Waals surface area contributed by atoms with Gasteiger partial charge in [-0.3, -0.25) is 19.5 Å². The van der Waals surface area contributed by atoms with Gasteiger partial charge in [-0.25, -0.2) is 9.07 Å². The Bertz CT molecular complexity index is 1560. The molecule has 0 radical (unpaired) electrons. The zero-order valence-electron chi connectivity index (χ0n) is 25.2. The maximum Gasteiger partial charge on any atom is 0.433 e. The number of carbonyl (C=O) groups is 2. The second kappa shape index (κ2) is 12.9. The number of hydrogen-bond donors (Lipinski definition) is 2. The first-order chi connectivity index (χ1) is 21.2. The van der Waals surface area contributed by atoms with Crippen molar-refractivity contribution in [1.29, 1.82) is 0 Å². The van der Waals surface area contributed by atoms with Gasteiger partial charge in [-0.15, -0.1) is 5.10 Å². The van der Waals surface area contributed by atoms with Crippen LogP contribution in [-0.2, 0) is 6.18 Å². The van der Waals surface area contributed by atoms with Gasteiger partial charge < -0.3 is 20.4 Å². The lowest BCUT2D eigenvalue weighted by Crippen LogP contribution is -2.55. The van der Waals surface area contributed by atoms with Crippen LogP contribution in [0.1, 0.15) is 53.2 Å². The molecule has 2 aliphatic heterocycles. The van der Waals surface area contributed by atoms with Gasteiger partial charge in [0.05, 0.1) is 28.2 Å². The molecular weight excluding hydrogens is 618 g/mol. The van der Waals surface area contributed by atoms with Gasteiger partial charge in [0.25, 0.3) is 11.8 Å². The molecule has 2 fully saturated rings. The summed E-state index contributed by atoms with van der Waals surface area (Å²) in [5, 5.41) is 13.1. The first-order valence-corrected chi connectivity index (χ1v) is 14.9. The molecule has 2 aliphatic rings. The van der Waals surface area contributed by atoms with E-state index in [0.29, 0.717) is 24.8 Å². The highest BCUT2D eigenvalue weighted by molar-refractivity contribution is 6.34. The SMILES string of the molecule is C[C@@H]1CN(c2cc(F)c(-n3cc(C(=O)NC4CCN(C)CC4)nn3)cc2NC(=O)c2cnc(C(F)(F)F)cc2Cl)C[C@H](C)N1C. The monoisotopic (exact) mass is 651 g/mol. The van der Waals surface area contributed by atoms with Crippen molar-refractivity contribution in [2.45, 2.75) is 51.0 Å². The molecule has 2 saturated heterocycles. The van der Waals surface area contributed by atoms with E-state index < -0.39 is 34.5 Å². The largest absolute Gasteiger partial charge is 0.433 e. The van der Waals surface area contributed by atoms with Crippen LogP contribution in [0.5, 0.6) is 0 Å². The summed E-state index contributed by atoms with van der Waals surface area (Å²) in [7, 11) is 4.00. The van der Waals surface area contributed by atoms with Crippen molar-refractivity contribution in [1.82, 2.24) is 35.1 Å². The molecule has 5 rings (SSSR count). The lowest BCUT2D eigenvalue weighted by Gasteiger charge is -2.44. The molecule has 16 heteroatoms. The van der Waals surface area contributed by atoms with E-state index in [1.807, 2.05) is 32.8 Å². The summed E-state index contributed by atoms with van der Waals surface area (Å²) in [5.41, 5.74) is -1.14. The summed E-state index contributed by atoms with van der Waals surface area (Å²) in [6.07, 6.45) is -1.12. The van der Waals surface area contributed by atoms with E-state index in [4.69, 9.17) is 11.6 Å². The average molecular weight is 652 g/mol. The molecule has 2 atom stereocenters. The predicted octanol–water partition coefficient (Wildman–Crippen LogP) is 4.08. The topological polar surface area (TPSA) is 112 Å². The number of rotatable bonds is 6. The number of nitrogens with zero attached hydrogens (tertiary/aromatic N) is 7. The van der Waals surface area contributed by atoms with Crippen LogP contribution in [0, 0.1) is 5.82 Å². The summed E-state index contributed by atoms with van der Waals surface area (Å²) in [6.45, 7) is 6.76. The molecule has 1 aromatic carbocycles. The quantitative estimate of drug-likeness (QED) is 0.384. The fourth-order valence-corrected chi connectivity index (χ4v) is 5.77. The molecule has 0 bridgehead atoms. The van der Waals surface area contributed by atoms with Crippen LogP contribution < -0.4 is 15.5 Å². The number of halogens is 5. The summed E-state index contributed by atoms with van der Waals surface area (Å²) < 4.78 is 56.2. The Morgan fingerprint density at radius 3 is 2.29 bits per heavy atom. The molecule has 3 aromatic rings. The molecule has 2 amide bonds. The maximum atomic E-state index is 15.8. The van der Waals surface area contributed by atoms with E-state index >= 15 is 4.39 Å². The Kier molecular flexibility index (Phi) is 9.33. The molecule has 0 spiro atoms. The fraction of sp³-hybridized carbons (Fsp3) is 0.483. The van der Waals surface area contributed by atoms with Crippen LogP contribution in [0.25, 0.3) is 5.69 Å². The summed E-state index contributed by atoms with van der Waals surface area (Å²) in [4.78, 5) is 35.8. The van der Waals surface area contributed by atoms with Crippen LogP contribution in [0.3, 0.4) is 0 Å². The number of pyridine rings is 1. The highest BCUT2D eigenvalue weighted by Gasteiger charge is 2.34. The zero-order chi connectivity index (χ0) is 32.6. The van der Waals surface area contributed by atoms with Gasteiger partial charge in [-0.05, 0) is 66.0 Å². The van der Waals surface area contributed by atoms with Gasteiger partial charge >= 0.3 is 6.18 Å². The first kappa shape index (κ1) is 32.6. The molecule has 0 saturated carbocycles. The number of aromatic nitrogens is 4. The number of hydrogen-bond acceptors (Lipinski definition) is 8. The van der Waals surface area contributed by atoms with Crippen LogP contribution in [0.4, 0.5) is 28.9 Å². The van der Waals surface area contributed by atoms with E-state index in [0.717, 1.165) is 36.8 Å². The van der Waals surface area contributed by atoms with Gasteiger partial charge in [0.1, 0.15) is 11.4 Å². The third-order valence-corrected chi connectivity index (χ3v) is 8.74. The van der Waals surface area contributed by atoms with Gasteiger partial charge in [-0.2, -0.15) is 13.2 Å². The van der Waals surface area contributed by atoms with Crippen LogP contribution >= 0.6 is 11.6 Å². The van der Waals surface area contributed by atoms with Crippen molar-refractivity contribution in [2.24, 2.45) is 0 Å². The van der Waals surface area contributed by atoms with Crippen molar-refractivity contribution in [3.05, 3.63) is 58.4 Å². The maximum absolute atomic E-state index is 15.8. The Labute approximate surface area is 262 Å². The second-order valence-corrected chi connectivity index (χ2v) is 12.1. The van der Waals surface area contributed by atoms with E-state index in [2.05, 4.69) is 35.7 Å². The number of piperidine rings is 1. The minimum absolute atomic E-state index is 0.00711. The Hall–Kier alpha value is -3.82. The molecular formula is C29H34ClF4N9O2. The van der Waals surface area contributed by atoms with Crippen LogP contribution in [0.15, 0.2) is 30.6 Å². The van der Waals surface area contributed by atoms with E-state index in [-0.39, 0.29) is 40.8 Å². The lowest BCUT2D eigenvalue weighted by atomic mass is 10.1. The fourth-order valence-electron chi connectivity index (χ4n) is 5.53. The van der Waals surface area contributed by atoms with E-state index in [9.17, 15) is 22.8 Å². The number of likely N-dealkylation sites (tertiary alicyclic amines) is 1. The highest BCUT2D eigenvalue weighted by Crippen LogP contribution is 2.35. The predicted molar refractivity (Wildman–Crippen MR) is 160 cm³/mol. The van der Waals surface area contributed by atoms with E-state index in [1.165, 1.54) is 18.3 Å². The molecule has 4 heterocycles. The van der Waals surface area contributed by atoms with Crippen LogP contribution in [0.2, 0.25) is 5.02 Å². The first-order valence-electron chi connectivity index (χ1n) is 14.5. The summed E-state index contributed by atoms with van der Waals surface area (Å²) >= 11 is 6.06. The molecule has 45 heavy (non-hydrogen) atoms. The van der Waals surface area contributed by atoms with Gasteiger partial charge in [0.15, 0.2) is 11.5 Å². The Morgan fingerprint density at radius 1 is 1.00 bits per heavy atom. The van der Waals surface area contributed by atoms with Crippen molar-refractivity contribution >= 4 is 34.8 Å². The number of piperazine rings is 1. The Morgan fingerprint density at radius 2 is 1.67 bits per heavy atom. The zero-order valence-corrected chi connectivity index (χ0v) is 26.0. The molecule has 242 valence electrons. The molecule has 2 aromatic heterocycles. The normalized spacial score (nSPS) is 20.3. The third kappa shape index (κ3) is 7.20. The highest BCUT2D eigenvalue weighted by atomic mass is 35.5. The Balaban J connectivity index is 1.46. The number of carbonyl (C=O) groups excluding carboxylic acids is 2. The van der Waals surface area contributed by atoms with Gasteiger partial charge in [0.2, 0.25) is 0 Å². The summed E-state index contributed by atoms with van der Waals surface area (Å²) in [5.74, 6) is -1.97. The minimum atomic E-state index is -4.74. The number of amides is 2. The summed E-state index contributed by atoms with van der Waals surface area (Å²) in [6, 6.07) is 3.34. The molecule has 2 N–H and O–H groups in total. The van der Waals surface area contributed by atoms with E-state index in [1.54, 1.807) is 0 Å². The molecule has 0 aliphatic carbocycles. The van der Waals surface area contributed by atoms with Crippen molar-refractivity contribution < 1.29 is 27.2 Å². The lowest BCUT2D eigenvalue weighted by molar-refractivity contribution is -0.141. The third-order valence-electron chi connectivity index (χ3n) is 8.43. The smallest absolute Gasteiger partial charge is 0.367 e. The number of benzene rings is 1. The average Bonchev–Trinajstić information content (AvgIpc) is 3.47. The standard InChI is InChI=1S/C29H34ClF4N9O2/c1-16-13-42(14-17(2)41(16)4)25-10-21(31)24(43-15-23(38-39-43)28(45)36-18-5-7-40(3)8-6-18)11-22(25)37-27(44)19-12-35-26(9-20(19)30)29(32,33)34/h9-12,15-18H,5-8,13-14H2,1-4H3,(H,36,45)(H,37,44)/t16-,17+. The van der Waals surface area contributed by atoms with Crippen molar-refractivity contribution in [3.63, 3.8) is 0 Å². The number of likely N-dealkylation sites (N-methyl/N-ethyl adjacent to an activating group) is 1. The molecule has 11 nitrogen and oxygen atoms in total. The minimum Gasteiger partial charge on any atom is -0.367 e. The van der Waals surface area contributed by atoms with Gasteiger partial charge in [0, 0.05) is 43.5 Å². The second-order valence-electron chi connectivity index (χ2n) is 11.7. The van der Waals surface area contributed by atoms with Crippen molar-refractivity contribution in [2.75, 3.05) is 50.5 Å².